The molecule has 0 spiro atoms. The Morgan fingerprint density at radius 3 is 2.53 bits per heavy atom. The lowest BCUT2D eigenvalue weighted by Crippen LogP contribution is -2.31. The number of halogens is 3. The Labute approximate surface area is 196 Å². The van der Waals surface area contributed by atoms with Crippen molar-refractivity contribution in [3.8, 4) is 11.3 Å². The number of thioether (sulfide) groups is 1. The number of rotatable bonds is 8. The lowest BCUT2D eigenvalue weighted by molar-refractivity contribution is -0.141. The molecule has 0 saturated heterocycles. The molecule has 180 valence electrons. The summed E-state index contributed by atoms with van der Waals surface area (Å²) in [5.74, 6) is 0.611. The van der Waals surface area contributed by atoms with Crippen LogP contribution in [0.2, 0.25) is 0 Å². The monoisotopic (exact) mass is 492 g/mol. The summed E-state index contributed by atoms with van der Waals surface area (Å²) < 4.78 is 44.2. The molecule has 3 aromatic heterocycles. The lowest BCUT2D eigenvalue weighted by Gasteiger charge is -2.14. The number of aryl methyl sites for hydroxylation is 2. The van der Waals surface area contributed by atoms with Crippen molar-refractivity contribution in [3.05, 3.63) is 63.2 Å². The van der Waals surface area contributed by atoms with Crippen LogP contribution < -0.4 is 11.2 Å². The van der Waals surface area contributed by atoms with Crippen LogP contribution in [-0.2, 0) is 25.9 Å². The molecule has 0 fully saturated rings. The van der Waals surface area contributed by atoms with Gasteiger partial charge < -0.3 is 9.13 Å². The van der Waals surface area contributed by atoms with Crippen LogP contribution in [0.15, 0.2) is 51.3 Å². The first kappa shape index (κ1) is 23.9. The van der Waals surface area contributed by atoms with E-state index in [4.69, 9.17) is 0 Å². The van der Waals surface area contributed by atoms with Gasteiger partial charge in [-0.3, -0.25) is 14.3 Å². The second-order valence-electron chi connectivity index (χ2n) is 7.81. The van der Waals surface area contributed by atoms with E-state index in [0.29, 0.717) is 23.6 Å². The number of hydrogen-bond acceptors (Lipinski definition) is 5. The van der Waals surface area contributed by atoms with Gasteiger partial charge in [0.15, 0.2) is 16.3 Å². The topological polar surface area (TPSA) is 90.5 Å². The molecule has 0 amide bonds. The molecule has 0 saturated carbocycles. The Balaban J connectivity index is 1.70. The van der Waals surface area contributed by atoms with Crippen LogP contribution in [0, 0.1) is 0 Å². The smallest absolute Gasteiger partial charge is 0.325 e. The van der Waals surface area contributed by atoms with E-state index < -0.39 is 24.0 Å². The van der Waals surface area contributed by atoms with Gasteiger partial charge in [0.25, 0.3) is 5.56 Å². The van der Waals surface area contributed by atoms with Crippen molar-refractivity contribution in [2.45, 2.75) is 49.9 Å². The van der Waals surface area contributed by atoms with Crippen LogP contribution in [0.5, 0.6) is 0 Å². The number of H-pyrrole nitrogens is 1. The van der Waals surface area contributed by atoms with Gasteiger partial charge in [-0.2, -0.15) is 13.2 Å². The van der Waals surface area contributed by atoms with Crippen molar-refractivity contribution in [3.63, 3.8) is 0 Å². The first-order valence-electron chi connectivity index (χ1n) is 10.7. The summed E-state index contributed by atoms with van der Waals surface area (Å²) in [5.41, 5.74) is 0.412. The molecule has 0 aliphatic rings. The van der Waals surface area contributed by atoms with Gasteiger partial charge in [0.05, 0.1) is 17.6 Å². The minimum absolute atomic E-state index is 0.162. The third kappa shape index (κ3) is 4.81. The van der Waals surface area contributed by atoms with E-state index in [1.807, 2.05) is 6.92 Å². The summed E-state index contributed by atoms with van der Waals surface area (Å²) >= 11 is 1.09. The number of fused-ring (bicyclic) bond motifs is 1. The molecule has 4 rings (SSSR count). The zero-order chi connectivity index (χ0) is 24.5. The first-order chi connectivity index (χ1) is 16.2. The Bertz CT molecular complexity index is 1420. The maximum Gasteiger partial charge on any atom is 0.406 e. The van der Waals surface area contributed by atoms with Crippen LogP contribution in [0.4, 0.5) is 13.2 Å². The van der Waals surface area contributed by atoms with Crippen molar-refractivity contribution in [2.75, 3.05) is 0 Å². The second-order valence-corrected chi connectivity index (χ2v) is 8.75. The van der Waals surface area contributed by atoms with Gasteiger partial charge in [0, 0.05) is 13.6 Å². The number of benzene rings is 1. The summed E-state index contributed by atoms with van der Waals surface area (Å²) in [5, 5.41) is 0.181. The van der Waals surface area contributed by atoms with Gasteiger partial charge in [-0.05, 0) is 12.0 Å². The molecule has 0 radical (unpaired) electrons. The number of alkyl halides is 3. The van der Waals surface area contributed by atoms with Gasteiger partial charge in [-0.15, -0.1) is 0 Å². The van der Waals surface area contributed by atoms with Gasteiger partial charge in [0.1, 0.15) is 12.4 Å². The number of hydrogen-bond donors (Lipinski definition) is 1. The van der Waals surface area contributed by atoms with Gasteiger partial charge in [0.2, 0.25) is 0 Å². The van der Waals surface area contributed by atoms with E-state index in [2.05, 4.69) is 15.0 Å². The summed E-state index contributed by atoms with van der Waals surface area (Å²) in [6.07, 6.45) is -1.42. The molecule has 0 aliphatic carbocycles. The number of aromatic amines is 1. The molecule has 3 heterocycles. The third-order valence-corrected chi connectivity index (χ3v) is 6.38. The molecule has 1 aromatic carbocycles. The lowest BCUT2D eigenvalue weighted by atomic mass is 10.2. The van der Waals surface area contributed by atoms with Crippen molar-refractivity contribution in [1.82, 2.24) is 28.7 Å². The van der Waals surface area contributed by atoms with E-state index in [1.165, 1.54) is 10.8 Å². The molecule has 1 N–H and O–H groups in total. The Hall–Kier alpha value is -3.28. The molecule has 0 aliphatic heterocycles. The Morgan fingerprint density at radius 1 is 1.12 bits per heavy atom. The number of nitrogens with zero attached hydrogens (tertiary/aromatic N) is 5. The molecular weight excluding hydrogens is 469 g/mol. The number of imidazole rings is 2. The van der Waals surface area contributed by atoms with E-state index in [0.717, 1.165) is 29.2 Å². The molecule has 4 aromatic rings. The fraction of sp³-hybridized carbons (Fsp3) is 0.364. The molecule has 0 unspecified atom stereocenters. The Morgan fingerprint density at radius 2 is 1.85 bits per heavy atom. The highest BCUT2D eigenvalue weighted by molar-refractivity contribution is 7.98. The highest BCUT2D eigenvalue weighted by Gasteiger charge is 2.31. The van der Waals surface area contributed by atoms with Crippen LogP contribution in [0.1, 0.15) is 25.6 Å². The fourth-order valence-corrected chi connectivity index (χ4v) is 4.68. The highest BCUT2D eigenvalue weighted by atomic mass is 32.2. The summed E-state index contributed by atoms with van der Waals surface area (Å²) in [6.45, 7) is 1.21. The molecule has 34 heavy (non-hydrogen) atoms. The summed E-state index contributed by atoms with van der Waals surface area (Å²) in [6, 6.07) is 8.75. The SMILES string of the molecule is CCCCn1c(=O)[nH]c(=O)c2c1nc(CSc1ncc(-c3ccccc3)n1CC(F)(F)F)n2C. The average molecular weight is 493 g/mol. The van der Waals surface area contributed by atoms with Crippen molar-refractivity contribution in [2.24, 2.45) is 7.05 Å². The van der Waals surface area contributed by atoms with Crippen LogP contribution in [-0.4, -0.2) is 34.8 Å². The predicted octanol–water partition coefficient (Wildman–Crippen LogP) is 3.94. The summed E-state index contributed by atoms with van der Waals surface area (Å²) in [7, 11) is 1.65. The minimum Gasteiger partial charge on any atom is -0.325 e. The fourth-order valence-electron chi connectivity index (χ4n) is 3.72. The van der Waals surface area contributed by atoms with Crippen molar-refractivity contribution < 1.29 is 13.2 Å². The molecule has 12 heteroatoms. The van der Waals surface area contributed by atoms with Crippen molar-refractivity contribution >= 4 is 22.9 Å². The van der Waals surface area contributed by atoms with Gasteiger partial charge >= 0.3 is 11.9 Å². The van der Waals surface area contributed by atoms with E-state index in [1.54, 1.807) is 41.9 Å². The maximum absolute atomic E-state index is 13.3. The quantitative estimate of drug-likeness (QED) is 0.376. The number of nitrogens with one attached hydrogen (secondary N) is 1. The zero-order valence-corrected chi connectivity index (χ0v) is 19.4. The van der Waals surface area contributed by atoms with Gasteiger partial charge in [-0.1, -0.05) is 55.4 Å². The van der Waals surface area contributed by atoms with Crippen LogP contribution in [0.25, 0.3) is 22.4 Å². The van der Waals surface area contributed by atoms with E-state index in [-0.39, 0.29) is 22.1 Å². The molecule has 0 atom stereocenters. The van der Waals surface area contributed by atoms with Crippen LogP contribution in [0.3, 0.4) is 0 Å². The standard InChI is InChI=1S/C22H23F3N6O2S/c1-3-4-10-30-18-17(19(32)28-20(30)33)29(2)16(27-18)12-34-21-26-11-15(14-8-6-5-7-9-14)31(21)13-22(23,24)25/h5-9,11H,3-4,10,12-13H2,1-2H3,(H,28,32,33). The highest BCUT2D eigenvalue weighted by Crippen LogP contribution is 2.31. The predicted molar refractivity (Wildman–Crippen MR) is 124 cm³/mol. The largest absolute Gasteiger partial charge is 0.406 e. The summed E-state index contributed by atoms with van der Waals surface area (Å²) in [4.78, 5) is 35.8. The molecule has 0 bridgehead atoms. The number of aromatic nitrogens is 6. The minimum atomic E-state index is -4.43. The van der Waals surface area contributed by atoms with Gasteiger partial charge in [-0.25, -0.2) is 14.8 Å². The average Bonchev–Trinajstić information content (AvgIpc) is 3.32. The van der Waals surface area contributed by atoms with E-state index >= 15 is 0 Å². The normalized spacial score (nSPS) is 12.0. The Kier molecular flexibility index (Phi) is 6.69. The van der Waals surface area contributed by atoms with Crippen molar-refractivity contribution in [1.29, 1.82) is 0 Å². The van der Waals surface area contributed by atoms with Crippen LogP contribution >= 0.6 is 11.8 Å². The first-order valence-corrected chi connectivity index (χ1v) is 11.7. The number of unbranched alkanes of at least 4 members (excludes halogenated alkanes) is 1. The maximum atomic E-state index is 13.3. The third-order valence-electron chi connectivity index (χ3n) is 5.40. The molecular formula is C22H23F3N6O2S. The molecule has 8 nitrogen and oxygen atoms in total. The van der Waals surface area contributed by atoms with E-state index in [9.17, 15) is 22.8 Å². The second kappa shape index (κ2) is 9.53. The zero-order valence-electron chi connectivity index (χ0n) is 18.6.